The Balaban J connectivity index is 0.00000280. The average Bonchev–Trinajstić information content (AvgIpc) is 3.19. The number of imidazole rings is 1. The minimum atomic E-state index is 0. The molecule has 28 heavy (non-hydrogen) atoms. The Labute approximate surface area is 187 Å². The van der Waals surface area contributed by atoms with Crippen LogP contribution in [0.2, 0.25) is 0 Å². The highest BCUT2D eigenvalue weighted by molar-refractivity contribution is 14.0. The van der Waals surface area contributed by atoms with Gasteiger partial charge in [0.25, 0.3) is 0 Å². The second-order valence-corrected chi connectivity index (χ2v) is 7.88. The highest BCUT2D eigenvalue weighted by Crippen LogP contribution is 2.16. The summed E-state index contributed by atoms with van der Waals surface area (Å²) in [5.74, 6) is 0.849. The first kappa shape index (κ1) is 22.6. The first-order valence-corrected chi connectivity index (χ1v) is 10.3. The lowest BCUT2D eigenvalue weighted by molar-refractivity contribution is 0.788. The first-order chi connectivity index (χ1) is 13.1. The van der Waals surface area contributed by atoms with Gasteiger partial charge in [-0.2, -0.15) is 0 Å². The van der Waals surface area contributed by atoms with Crippen LogP contribution >= 0.6 is 35.3 Å². The number of hydrogen-bond donors (Lipinski definition) is 2. The molecular formula is C20H29IN6S. The molecule has 0 amide bonds. The van der Waals surface area contributed by atoms with E-state index in [1.165, 1.54) is 10.4 Å². The van der Waals surface area contributed by atoms with Crippen LogP contribution in [0.4, 0.5) is 0 Å². The van der Waals surface area contributed by atoms with E-state index in [1.807, 2.05) is 12.3 Å². The molecule has 152 valence electrons. The summed E-state index contributed by atoms with van der Waals surface area (Å²) in [5.41, 5.74) is 4.44. The predicted molar refractivity (Wildman–Crippen MR) is 128 cm³/mol. The van der Waals surface area contributed by atoms with Crippen molar-refractivity contribution in [3.05, 3.63) is 51.4 Å². The number of pyridine rings is 1. The molecule has 0 spiro atoms. The van der Waals surface area contributed by atoms with Crippen LogP contribution in [0.15, 0.2) is 29.5 Å². The quantitative estimate of drug-likeness (QED) is 0.288. The van der Waals surface area contributed by atoms with E-state index in [9.17, 15) is 0 Å². The zero-order chi connectivity index (χ0) is 19.2. The number of fused-ring (bicyclic) bond motifs is 1. The zero-order valence-corrected chi connectivity index (χ0v) is 20.1. The third-order valence-electron chi connectivity index (χ3n) is 4.41. The van der Waals surface area contributed by atoms with Gasteiger partial charge in [-0.3, -0.25) is 4.99 Å². The number of rotatable bonds is 7. The molecule has 3 heterocycles. The van der Waals surface area contributed by atoms with Crippen molar-refractivity contribution < 1.29 is 0 Å². The molecule has 0 aliphatic heterocycles. The van der Waals surface area contributed by atoms with Crippen molar-refractivity contribution in [3.63, 3.8) is 0 Å². The van der Waals surface area contributed by atoms with Crippen molar-refractivity contribution in [2.75, 3.05) is 19.6 Å². The molecule has 8 heteroatoms. The van der Waals surface area contributed by atoms with Crippen molar-refractivity contribution in [2.45, 2.75) is 40.5 Å². The third kappa shape index (κ3) is 5.91. The Morgan fingerprint density at radius 2 is 2.00 bits per heavy atom. The van der Waals surface area contributed by atoms with Crippen molar-refractivity contribution in [3.8, 4) is 0 Å². The average molecular weight is 512 g/mol. The maximum atomic E-state index is 4.72. The van der Waals surface area contributed by atoms with Crippen LogP contribution in [0.25, 0.3) is 5.65 Å². The lowest BCUT2D eigenvalue weighted by Gasteiger charge is -2.10. The van der Waals surface area contributed by atoms with Gasteiger partial charge in [-0.1, -0.05) is 6.07 Å². The fourth-order valence-corrected chi connectivity index (χ4v) is 3.81. The van der Waals surface area contributed by atoms with Crippen LogP contribution in [0, 0.1) is 20.8 Å². The summed E-state index contributed by atoms with van der Waals surface area (Å²) in [6.45, 7) is 10.7. The van der Waals surface area contributed by atoms with Gasteiger partial charge in [0, 0.05) is 49.7 Å². The number of aryl methyl sites for hydroxylation is 3. The maximum Gasteiger partial charge on any atom is 0.191 e. The molecule has 0 unspecified atom stereocenters. The highest BCUT2D eigenvalue weighted by Gasteiger charge is 2.05. The van der Waals surface area contributed by atoms with Crippen LogP contribution in [0.5, 0.6) is 0 Å². The second-order valence-electron chi connectivity index (χ2n) is 6.59. The van der Waals surface area contributed by atoms with Gasteiger partial charge in [0.1, 0.15) is 5.65 Å². The van der Waals surface area contributed by atoms with Crippen LogP contribution < -0.4 is 10.6 Å². The largest absolute Gasteiger partial charge is 0.357 e. The number of nitrogens with zero attached hydrogens (tertiary/aromatic N) is 4. The van der Waals surface area contributed by atoms with E-state index in [2.05, 4.69) is 65.0 Å². The molecule has 0 aliphatic rings. The molecule has 0 fully saturated rings. The van der Waals surface area contributed by atoms with Crippen LogP contribution in [0.3, 0.4) is 0 Å². The molecule has 0 saturated heterocycles. The summed E-state index contributed by atoms with van der Waals surface area (Å²) in [7, 11) is 0. The van der Waals surface area contributed by atoms with E-state index in [-0.39, 0.29) is 24.0 Å². The molecule has 3 aromatic heterocycles. The Hall–Kier alpha value is -1.68. The van der Waals surface area contributed by atoms with Crippen molar-refractivity contribution in [2.24, 2.45) is 4.99 Å². The molecule has 2 N–H and O–H groups in total. The molecule has 3 rings (SSSR count). The first-order valence-electron chi connectivity index (χ1n) is 9.45. The van der Waals surface area contributed by atoms with E-state index < -0.39 is 0 Å². The molecule has 0 aromatic carbocycles. The summed E-state index contributed by atoms with van der Waals surface area (Å²) < 4.78 is 2.09. The topological polar surface area (TPSA) is 66.6 Å². The van der Waals surface area contributed by atoms with Gasteiger partial charge >= 0.3 is 0 Å². The molecule has 6 nitrogen and oxygen atoms in total. The maximum absolute atomic E-state index is 4.72. The van der Waals surface area contributed by atoms with E-state index in [4.69, 9.17) is 4.98 Å². The molecule has 0 bridgehead atoms. The molecular weight excluding hydrogens is 483 g/mol. The normalized spacial score (nSPS) is 11.5. The summed E-state index contributed by atoms with van der Waals surface area (Å²) in [6.07, 6.45) is 5.87. The summed E-state index contributed by atoms with van der Waals surface area (Å²) in [6, 6.07) is 4.14. The lowest BCUT2D eigenvalue weighted by atomic mass is 10.3. The fraction of sp³-hybridized carbons (Fsp3) is 0.450. The van der Waals surface area contributed by atoms with Gasteiger partial charge in [0.15, 0.2) is 5.96 Å². The van der Waals surface area contributed by atoms with Crippen molar-refractivity contribution >= 4 is 46.9 Å². The molecule has 0 radical (unpaired) electrons. The molecule has 0 atom stereocenters. The Kier molecular flexibility index (Phi) is 8.68. The summed E-state index contributed by atoms with van der Waals surface area (Å²) in [5, 5.41) is 7.86. The number of guanidine groups is 1. The molecule has 0 aliphatic carbocycles. The standard InChI is InChI=1S/C20H28N6S.HI/c1-5-21-20(23-11-9-18-24-15(3)16(4)27-18)22-10-8-17-13-26-12-6-7-14(2)19(26)25-17;/h6-7,12-13H,5,8-11H2,1-4H3,(H2,21,22,23);1H. The van der Waals surface area contributed by atoms with E-state index >= 15 is 0 Å². The number of aromatic nitrogens is 3. The number of aliphatic imine (C=N–C) groups is 1. The van der Waals surface area contributed by atoms with Crippen LogP contribution in [0.1, 0.15) is 33.8 Å². The van der Waals surface area contributed by atoms with Crippen LogP contribution in [-0.2, 0) is 12.8 Å². The summed E-state index contributed by atoms with van der Waals surface area (Å²) in [4.78, 5) is 15.3. The number of hydrogen-bond acceptors (Lipinski definition) is 4. The van der Waals surface area contributed by atoms with Crippen LogP contribution in [-0.4, -0.2) is 40.0 Å². The monoisotopic (exact) mass is 512 g/mol. The number of nitrogens with one attached hydrogen (secondary N) is 2. The predicted octanol–water partition coefficient (Wildman–Crippen LogP) is 3.67. The van der Waals surface area contributed by atoms with Gasteiger partial charge < -0.3 is 15.0 Å². The molecule has 0 saturated carbocycles. The van der Waals surface area contributed by atoms with Crippen molar-refractivity contribution in [1.29, 1.82) is 0 Å². The zero-order valence-electron chi connectivity index (χ0n) is 17.0. The van der Waals surface area contributed by atoms with Crippen molar-refractivity contribution in [1.82, 2.24) is 25.0 Å². The highest BCUT2D eigenvalue weighted by atomic mass is 127. The fourth-order valence-electron chi connectivity index (χ4n) is 2.89. The lowest BCUT2D eigenvalue weighted by Crippen LogP contribution is -2.38. The van der Waals surface area contributed by atoms with E-state index in [1.54, 1.807) is 11.3 Å². The van der Waals surface area contributed by atoms with E-state index in [0.29, 0.717) is 0 Å². The number of halogens is 1. The van der Waals surface area contributed by atoms with Gasteiger partial charge in [-0.15, -0.1) is 35.3 Å². The molecule has 3 aromatic rings. The minimum absolute atomic E-state index is 0. The summed E-state index contributed by atoms with van der Waals surface area (Å²) >= 11 is 1.77. The smallest absolute Gasteiger partial charge is 0.191 e. The Bertz CT molecular complexity index is 911. The second kappa shape index (κ2) is 10.8. The minimum Gasteiger partial charge on any atom is -0.357 e. The van der Waals surface area contributed by atoms with Gasteiger partial charge in [0.05, 0.1) is 16.4 Å². The van der Waals surface area contributed by atoms with E-state index in [0.717, 1.165) is 60.5 Å². The third-order valence-corrected chi connectivity index (χ3v) is 5.55. The SMILES string of the molecule is CCNC(=NCCc1nc(C)c(C)s1)NCCc1cn2cccc(C)c2n1.I. The van der Waals surface area contributed by atoms with Gasteiger partial charge in [0.2, 0.25) is 0 Å². The Morgan fingerprint density at radius 1 is 1.18 bits per heavy atom. The van der Waals surface area contributed by atoms with Gasteiger partial charge in [-0.05, 0) is 39.3 Å². The number of thiazole rings is 1. The Morgan fingerprint density at radius 3 is 2.68 bits per heavy atom. The van der Waals surface area contributed by atoms with Gasteiger partial charge in [-0.25, -0.2) is 9.97 Å².